The Labute approximate surface area is 174 Å². The summed E-state index contributed by atoms with van der Waals surface area (Å²) < 4.78 is 0.978. The van der Waals surface area contributed by atoms with Crippen LogP contribution in [-0.4, -0.2) is 35.8 Å². The Morgan fingerprint density at radius 3 is 2.36 bits per heavy atom. The first-order chi connectivity index (χ1) is 13.5. The zero-order valence-electron chi connectivity index (χ0n) is 16.0. The van der Waals surface area contributed by atoms with E-state index in [-0.39, 0.29) is 23.8 Å². The van der Waals surface area contributed by atoms with Gasteiger partial charge < -0.3 is 10.6 Å². The van der Waals surface area contributed by atoms with Gasteiger partial charge >= 0.3 is 0 Å². The highest BCUT2D eigenvalue weighted by Crippen LogP contribution is 2.20. The van der Waals surface area contributed by atoms with Crippen molar-refractivity contribution in [2.45, 2.75) is 32.4 Å². The Balaban J connectivity index is 1.44. The molecule has 2 N–H and O–H groups in total. The first-order valence-corrected chi connectivity index (χ1v) is 10.4. The highest BCUT2D eigenvalue weighted by atomic mass is 79.9. The molecule has 6 heteroatoms. The molecule has 0 saturated carbocycles. The van der Waals surface area contributed by atoms with Crippen molar-refractivity contribution in [1.82, 2.24) is 10.2 Å². The lowest BCUT2D eigenvalue weighted by Crippen LogP contribution is -2.48. The van der Waals surface area contributed by atoms with Gasteiger partial charge in [0.15, 0.2) is 0 Å². The number of anilines is 1. The highest BCUT2D eigenvalue weighted by molar-refractivity contribution is 9.10. The molecule has 1 atom stereocenters. The van der Waals surface area contributed by atoms with Crippen molar-refractivity contribution in [3.63, 3.8) is 0 Å². The number of nitrogens with zero attached hydrogens (tertiary/aromatic N) is 1. The summed E-state index contributed by atoms with van der Waals surface area (Å²) in [6, 6.07) is 17.3. The van der Waals surface area contributed by atoms with E-state index in [2.05, 4.69) is 31.5 Å². The molecule has 28 heavy (non-hydrogen) atoms. The molecule has 148 valence electrons. The number of amides is 2. The standard InChI is InChI=1S/C22H26BrN3O2/c1-16(21(27)25-20-9-7-19(23)8-10-20)26-13-11-18(12-14-26)22(28)24-15-17-5-3-2-4-6-17/h2-10,16,18H,11-15H2,1H3,(H,24,28)(H,25,27)/t16-/m1/s1. The second-order valence-electron chi connectivity index (χ2n) is 7.19. The summed E-state index contributed by atoms with van der Waals surface area (Å²) in [5.74, 6) is 0.103. The molecule has 0 unspecified atom stereocenters. The van der Waals surface area contributed by atoms with Gasteiger partial charge in [-0.2, -0.15) is 0 Å². The van der Waals surface area contributed by atoms with Crippen LogP contribution in [0.3, 0.4) is 0 Å². The summed E-state index contributed by atoms with van der Waals surface area (Å²) in [6.45, 7) is 3.98. The largest absolute Gasteiger partial charge is 0.352 e. The number of carbonyl (C=O) groups excluding carboxylic acids is 2. The second kappa shape index (κ2) is 9.85. The summed E-state index contributed by atoms with van der Waals surface area (Å²) in [7, 11) is 0. The fourth-order valence-corrected chi connectivity index (χ4v) is 3.69. The molecule has 0 aromatic heterocycles. The zero-order chi connectivity index (χ0) is 19.9. The number of hydrogen-bond donors (Lipinski definition) is 2. The van der Waals surface area contributed by atoms with Gasteiger partial charge in [-0.3, -0.25) is 14.5 Å². The minimum atomic E-state index is -0.225. The highest BCUT2D eigenvalue weighted by Gasteiger charge is 2.29. The fourth-order valence-electron chi connectivity index (χ4n) is 3.42. The van der Waals surface area contributed by atoms with Gasteiger partial charge in [0, 0.05) is 22.6 Å². The molecule has 5 nitrogen and oxygen atoms in total. The van der Waals surface area contributed by atoms with Crippen LogP contribution in [-0.2, 0) is 16.1 Å². The number of benzene rings is 2. The maximum absolute atomic E-state index is 12.5. The molecule has 2 aromatic rings. The van der Waals surface area contributed by atoms with E-state index >= 15 is 0 Å². The van der Waals surface area contributed by atoms with E-state index < -0.39 is 0 Å². The average molecular weight is 444 g/mol. The number of likely N-dealkylation sites (tertiary alicyclic amines) is 1. The van der Waals surface area contributed by atoms with Gasteiger partial charge in [-0.05, 0) is 62.7 Å². The van der Waals surface area contributed by atoms with Crippen molar-refractivity contribution in [3.8, 4) is 0 Å². The zero-order valence-corrected chi connectivity index (χ0v) is 17.6. The SMILES string of the molecule is C[C@H](C(=O)Nc1ccc(Br)cc1)N1CCC(C(=O)NCc2ccccc2)CC1. The first kappa shape index (κ1) is 20.6. The number of rotatable bonds is 6. The number of nitrogens with one attached hydrogen (secondary N) is 2. The van der Waals surface area contributed by atoms with Crippen LogP contribution >= 0.6 is 15.9 Å². The third-order valence-electron chi connectivity index (χ3n) is 5.25. The number of carbonyl (C=O) groups is 2. The van der Waals surface area contributed by atoms with Gasteiger partial charge in [-0.15, -0.1) is 0 Å². The van der Waals surface area contributed by atoms with E-state index in [0.717, 1.165) is 41.7 Å². The molecule has 0 radical (unpaired) electrons. The molecule has 0 aliphatic carbocycles. The van der Waals surface area contributed by atoms with Crippen LogP contribution < -0.4 is 10.6 Å². The van der Waals surface area contributed by atoms with Crippen molar-refractivity contribution >= 4 is 33.4 Å². The van der Waals surface area contributed by atoms with E-state index in [1.54, 1.807) is 0 Å². The lowest BCUT2D eigenvalue weighted by molar-refractivity contribution is -0.127. The molecule has 0 spiro atoms. The third kappa shape index (κ3) is 5.66. The maximum atomic E-state index is 12.5. The molecule has 1 aliphatic heterocycles. The lowest BCUT2D eigenvalue weighted by Gasteiger charge is -2.34. The molecule has 1 saturated heterocycles. The van der Waals surface area contributed by atoms with Crippen LogP contribution in [0.4, 0.5) is 5.69 Å². The Kier molecular flexibility index (Phi) is 7.23. The third-order valence-corrected chi connectivity index (χ3v) is 5.78. The predicted octanol–water partition coefficient (Wildman–Crippen LogP) is 3.80. The van der Waals surface area contributed by atoms with Crippen LogP contribution in [0.2, 0.25) is 0 Å². The van der Waals surface area contributed by atoms with Crippen LogP contribution in [0.5, 0.6) is 0 Å². The number of piperidine rings is 1. The lowest BCUT2D eigenvalue weighted by atomic mass is 9.94. The Hall–Kier alpha value is -2.18. The Bertz CT molecular complexity index is 787. The first-order valence-electron chi connectivity index (χ1n) is 9.65. The summed E-state index contributed by atoms with van der Waals surface area (Å²) in [6.07, 6.45) is 1.55. The van der Waals surface area contributed by atoms with Crippen molar-refractivity contribution in [2.75, 3.05) is 18.4 Å². The summed E-state index contributed by atoms with van der Waals surface area (Å²) >= 11 is 3.39. The van der Waals surface area contributed by atoms with Crippen molar-refractivity contribution < 1.29 is 9.59 Å². The molecular formula is C22H26BrN3O2. The normalized spacial score (nSPS) is 16.4. The molecule has 0 bridgehead atoms. The Morgan fingerprint density at radius 2 is 1.71 bits per heavy atom. The molecule has 3 rings (SSSR count). The van der Waals surface area contributed by atoms with Gasteiger partial charge in [-0.1, -0.05) is 46.3 Å². The van der Waals surface area contributed by atoms with Crippen LogP contribution in [0.1, 0.15) is 25.3 Å². The number of halogens is 1. The topological polar surface area (TPSA) is 61.4 Å². The average Bonchev–Trinajstić information content (AvgIpc) is 2.74. The predicted molar refractivity (Wildman–Crippen MR) is 115 cm³/mol. The molecule has 1 aliphatic rings. The number of hydrogen-bond acceptors (Lipinski definition) is 3. The molecule has 1 heterocycles. The van der Waals surface area contributed by atoms with Gasteiger partial charge in [0.05, 0.1) is 6.04 Å². The summed E-state index contributed by atoms with van der Waals surface area (Å²) in [5.41, 5.74) is 1.89. The van der Waals surface area contributed by atoms with E-state index in [9.17, 15) is 9.59 Å². The van der Waals surface area contributed by atoms with Crippen molar-refractivity contribution in [1.29, 1.82) is 0 Å². The summed E-state index contributed by atoms with van der Waals surface area (Å²) in [4.78, 5) is 27.1. The van der Waals surface area contributed by atoms with Crippen molar-refractivity contribution in [2.24, 2.45) is 5.92 Å². The van der Waals surface area contributed by atoms with Crippen LogP contribution in [0.15, 0.2) is 59.1 Å². The van der Waals surface area contributed by atoms with Gasteiger partial charge in [0.2, 0.25) is 11.8 Å². The van der Waals surface area contributed by atoms with Gasteiger partial charge in [0.1, 0.15) is 0 Å². The molecule has 2 amide bonds. The van der Waals surface area contributed by atoms with E-state index in [4.69, 9.17) is 0 Å². The minimum absolute atomic E-state index is 0.0155. The van der Waals surface area contributed by atoms with Crippen LogP contribution in [0, 0.1) is 5.92 Å². The fraction of sp³-hybridized carbons (Fsp3) is 0.364. The van der Waals surface area contributed by atoms with E-state index in [1.165, 1.54) is 0 Å². The quantitative estimate of drug-likeness (QED) is 0.713. The van der Waals surface area contributed by atoms with Crippen molar-refractivity contribution in [3.05, 3.63) is 64.6 Å². The summed E-state index contributed by atoms with van der Waals surface area (Å²) in [5, 5.41) is 5.99. The molecular weight excluding hydrogens is 418 g/mol. The molecule has 1 fully saturated rings. The Morgan fingerprint density at radius 1 is 1.07 bits per heavy atom. The molecule has 2 aromatic carbocycles. The minimum Gasteiger partial charge on any atom is -0.352 e. The maximum Gasteiger partial charge on any atom is 0.241 e. The van der Waals surface area contributed by atoms with E-state index in [1.807, 2.05) is 61.5 Å². The van der Waals surface area contributed by atoms with Crippen LogP contribution in [0.25, 0.3) is 0 Å². The monoisotopic (exact) mass is 443 g/mol. The van der Waals surface area contributed by atoms with Gasteiger partial charge in [-0.25, -0.2) is 0 Å². The smallest absolute Gasteiger partial charge is 0.241 e. The van der Waals surface area contributed by atoms with E-state index in [0.29, 0.717) is 6.54 Å². The van der Waals surface area contributed by atoms with Gasteiger partial charge in [0.25, 0.3) is 0 Å². The second-order valence-corrected chi connectivity index (χ2v) is 8.10.